The highest BCUT2D eigenvalue weighted by atomic mass is 35.5. The Balaban J connectivity index is 1.46. The zero-order chi connectivity index (χ0) is 25.7. The third-order valence-electron chi connectivity index (χ3n) is 6.01. The summed E-state index contributed by atoms with van der Waals surface area (Å²) in [6, 6.07) is 13.4. The van der Waals surface area contributed by atoms with E-state index in [2.05, 4.69) is 20.5 Å². The minimum atomic E-state index is -0.812. The molecule has 0 unspecified atom stereocenters. The summed E-state index contributed by atoms with van der Waals surface area (Å²) in [5.74, 6) is -1.64. The Morgan fingerprint density at radius 2 is 1.75 bits per heavy atom. The molecule has 0 radical (unpaired) electrons. The lowest BCUT2D eigenvalue weighted by Gasteiger charge is -2.29. The maximum absolute atomic E-state index is 13.0. The molecule has 1 aliphatic heterocycles. The maximum atomic E-state index is 13.0. The molecule has 1 aromatic heterocycles. The Labute approximate surface area is 213 Å². The first kappa shape index (κ1) is 25.4. The Morgan fingerprint density at radius 1 is 1.06 bits per heavy atom. The number of aliphatic hydroxyl groups excluding tert-OH is 1. The highest BCUT2D eigenvalue weighted by Crippen LogP contribution is 2.20. The SMILES string of the molecule is NC(=O)c1ncn(-c2ccc(NC(=O)c3ccccc3Cl)cc2)c1C(=O)NCCN1CCC(O)CC1. The lowest BCUT2D eigenvalue weighted by atomic mass is 10.1. The Kier molecular flexibility index (Phi) is 7.99. The second-order valence-corrected chi connectivity index (χ2v) is 8.89. The van der Waals surface area contributed by atoms with Crippen molar-refractivity contribution in [1.29, 1.82) is 0 Å². The van der Waals surface area contributed by atoms with Gasteiger partial charge in [0, 0.05) is 37.6 Å². The van der Waals surface area contributed by atoms with E-state index < -0.39 is 11.8 Å². The fourth-order valence-electron chi connectivity index (χ4n) is 4.04. The minimum Gasteiger partial charge on any atom is -0.393 e. The summed E-state index contributed by atoms with van der Waals surface area (Å²) < 4.78 is 1.48. The summed E-state index contributed by atoms with van der Waals surface area (Å²) in [5.41, 5.74) is 6.79. The van der Waals surface area contributed by atoms with Crippen molar-refractivity contribution in [3.8, 4) is 5.69 Å². The first-order valence-corrected chi connectivity index (χ1v) is 11.9. The monoisotopic (exact) mass is 510 g/mol. The molecular weight excluding hydrogens is 484 g/mol. The largest absolute Gasteiger partial charge is 0.393 e. The molecule has 1 fully saturated rings. The summed E-state index contributed by atoms with van der Waals surface area (Å²) in [6.07, 6.45) is 2.51. The van der Waals surface area contributed by atoms with E-state index in [1.165, 1.54) is 10.9 Å². The number of likely N-dealkylation sites (tertiary alicyclic amines) is 1. The molecule has 0 saturated carbocycles. The van der Waals surface area contributed by atoms with Gasteiger partial charge >= 0.3 is 0 Å². The number of rotatable bonds is 8. The molecule has 10 nitrogen and oxygen atoms in total. The molecule has 0 atom stereocenters. The Hall–Kier alpha value is -3.73. The van der Waals surface area contributed by atoms with Crippen LogP contribution in [-0.4, -0.2) is 69.6 Å². The van der Waals surface area contributed by atoms with Crippen LogP contribution in [0.3, 0.4) is 0 Å². The number of aliphatic hydroxyl groups is 1. The number of nitrogens with zero attached hydrogens (tertiary/aromatic N) is 3. The smallest absolute Gasteiger partial charge is 0.270 e. The molecule has 188 valence electrons. The number of hydrogen-bond donors (Lipinski definition) is 4. The Morgan fingerprint density at radius 3 is 2.42 bits per heavy atom. The number of piperidine rings is 1. The van der Waals surface area contributed by atoms with Crippen molar-refractivity contribution in [2.24, 2.45) is 5.73 Å². The predicted molar refractivity (Wildman–Crippen MR) is 136 cm³/mol. The zero-order valence-corrected chi connectivity index (χ0v) is 20.2. The van der Waals surface area contributed by atoms with Crippen molar-refractivity contribution in [3.05, 3.63) is 76.8 Å². The fourth-order valence-corrected chi connectivity index (χ4v) is 4.27. The maximum Gasteiger partial charge on any atom is 0.270 e. The quantitative estimate of drug-likeness (QED) is 0.365. The number of anilines is 1. The average Bonchev–Trinajstić information content (AvgIpc) is 3.32. The van der Waals surface area contributed by atoms with Crippen molar-refractivity contribution in [1.82, 2.24) is 19.8 Å². The second kappa shape index (κ2) is 11.3. The highest BCUT2D eigenvalue weighted by molar-refractivity contribution is 6.34. The van der Waals surface area contributed by atoms with E-state index in [9.17, 15) is 19.5 Å². The molecule has 1 aliphatic rings. The number of halogens is 1. The van der Waals surface area contributed by atoms with Gasteiger partial charge in [0.25, 0.3) is 17.7 Å². The van der Waals surface area contributed by atoms with Crippen LogP contribution in [0, 0.1) is 0 Å². The summed E-state index contributed by atoms with van der Waals surface area (Å²) >= 11 is 6.09. The van der Waals surface area contributed by atoms with E-state index in [1.54, 1.807) is 48.5 Å². The van der Waals surface area contributed by atoms with Crippen molar-refractivity contribution < 1.29 is 19.5 Å². The number of carbonyl (C=O) groups excluding carboxylic acids is 3. The lowest BCUT2D eigenvalue weighted by Crippen LogP contribution is -2.41. The summed E-state index contributed by atoms with van der Waals surface area (Å²) in [5, 5.41) is 15.6. The minimum absolute atomic E-state index is 0.0319. The zero-order valence-electron chi connectivity index (χ0n) is 19.5. The van der Waals surface area contributed by atoms with E-state index in [0.717, 1.165) is 13.1 Å². The third-order valence-corrected chi connectivity index (χ3v) is 6.34. The van der Waals surface area contributed by atoms with Gasteiger partial charge in [0.2, 0.25) is 0 Å². The number of nitrogens with two attached hydrogens (primary N) is 1. The van der Waals surface area contributed by atoms with E-state index in [1.807, 2.05) is 0 Å². The Bertz CT molecular complexity index is 1250. The molecule has 1 saturated heterocycles. The lowest BCUT2D eigenvalue weighted by molar-refractivity contribution is 0.0802. The molecule has 0 spiro atoms. The van der Waals surface area contributed by atoms with Gasteiger partial charge in [-0.05, 0) is 49.2 Å². The van der Waals surface area contributed by atoms with Gasteiger partial charge in [0.05, 0.1) is 16.7 Å². The van der Waals surface area contributed by atoms with Gasteiger partial charge in [0.1, 0.15) is 12.0 Å². The van der Waals surface area contributed by atoms with Gasteiger partial charge in [-0.25, -0.2) is 4.98 Å². The number of amides is 3. The van der Waals surface area contributed by atoms with Gasteiger partial charge in [-0.1, -0.05) is 23.7 Å². The van der Waals surface area contributed by atoms with E-state index in [0.29, 0.717) is 47.9 Å². The third kappa shape index (κ3) is 5.91. The van der Waals surface area contributed by atoms with Crippen LogP contribution in [0.1, 0.15) is 44.2 Å². The molecule has 3 aromatic rings. The van der Waals surface area contributed by atoms with Crippen molar-refractivity contribution in [2.75, 3.05) is 31.5 Å². The number of carbonyl (C=O) groups is 3. The van der Waals surface area contributed by atoms with Crippen LogP contribution in [0.5, 0.6) is 0 Å². The van der Waals surface area contributed by atoms with Crippen LogP contribution in [0.25, 0.3) is 5.69 Å². The van der Waals surface area contributed by atoms with E-state index in [-0.39, 0.29) is 23.4 Å². The van der Waals surface area contributed by atoms with Gasteiger partial charge < -0.3 is 26.4 Å². The van der Waals surface area contributed by atoms with Crippen molar-refractivity contribution >= 4 is 35.0 Å². The molecule has 2 heterocycles. The fraction of sp³-hybridized carbons (Fsp3) is 0.280. The van der Waals surface area contributed by atoms with Crippen LogP contribution >= 0.6 is 11.6 Å². The van der Waals surface area contributed by atoms with Gasteiger partial charge in [-0.15, -0.1) is 0 Å². The number of primary amides is 1. The van der Waals surface area contributed by atoms with Crippen LogP contribution in [0.15, 0.2) is 54.9 Å². The highest BCUT2D eigenvalue weighted by Gasteiger charge is 2.24. The van der Waals surface area contributed by atoms with Crippen molar-refractivity contribution in [2.45, 2.75) is 18.9 Å². The molecule has 3 amide bonds. The van der Waals surface area contributed by atoms with Crippen LogP contribution in [-0.2, 0) is 0 Å². The molecule has 0 aliphatic carbocycles. The number of nitrogens with one attached hydrogen (secondary N) is 2. The first-order chi connectivity index (χ1) is 17.3. The number of hydrogen-bond acceptors (Lipinski definition) is 6. The van der Waals surface area contributed by atoms with Crippen molar-refractivity contribution in [3.63, 3.8) is 0 Å². The summed E-state index contributed by atoms with van der Waals surface area (Å²) in [6.45, 7) is 2.52. The number of imidazole rings is 1. The van der Waals surface area contributed by atoms with E-state index >= 15 is 0 Å². The van der Waals surface area contributed by atoms with Crippen LogP contribution in [0.2, 0.25) is 5.02 Å². The summed E-state index contributed by atoms with van der Waals surface area (Å²) in [7, 11) is 0. The average molecular weight is 511 g/mol. The molecule has 36 heavy (non-hydrogen) atoms. The van der Waals surface area contributed by atoms with E-state index in [4.69, 9.17) is 17.3 Å². The summed E-state index contributed by atoms with van der Waals surface area (Å²) in [4.78, 5) is 43.7. The molecular formula is C25H27ClN6O4. The predicted octanol–water partition coefficient (Wildman–Crippen LogP) is 2.06. The van der Waals surface area contributed by atoms with Crippen LogP contribution < -0.4 is 16.4 Å². The normalized spacial score (nSPS) is 14.4. The second-order valence-electron chi connectivity index (χ2n) is 8.49. The molecule has 4 rings (SSSR count). The number of aromatic nitrogens is 2. The standard InChI is InChI=1S/C25H27ClN6O4/c26-20-4-2-1-3-19(20)24(35)30-16-5-7-17(8-6-16)32-15-29-21(23(27)34)22(32)25(36)28-11-14-31-12-9-18(33)10-13-31/h1-8,15,18,33H,9-14H2,(H2,27,34)(H,28,36)(H,30,35). The topological polar surface area (TPSA) is 143 Å². The van der Waals surface area contributed by atoms with Gasteiger partial charge in [-0.3, -0.25) is 19.0 Å². The first-order valence-electron chi connectivity index (χ1n) is 11.6. The molecule has 2 aromatic carbocycles. The molecule has 5 N–H and O–H groups in total. The molecule has 11 heteroatoms. The molecule has 0 bridgehead atoms. The van der Waals surface area contributed by atoms with Crippen LogP contribution in [0.4, 0.5) is 5.69 Å². The number of benzene rings is 2. The van der Waals surface area contributed by atoms with Gasteiger partial charge in [0.15, 0.2) is 5.69 Å². The van der Waals surface area contributed by atoms with Gasteiger partial charge in [-0.2, -0.15) is 0 Å².